The summed E-state index contributed by atoms with van der Waals surface area (Å²) in [5, 5.41) is -13.6. The Balaban J connectivity index is 0.000000188. The summed E-state index contributed by atoms with van der Waals surface area (Å²) >= 11 is 0. The first-order valence-electron chi connectivity index (χ1n) is 58.1. The van der Waals surface area contributed by atoms with Crippen molar-refractivity contribution in [3.63, 3.8) is 0 Å². The van der Waals surface area contributed by atoms with E-state index in [1.165, 1.54) is 0 Å². The zero-order chi connectivity index (χ0) is 115. The zero-order valence-electron chi connectivity index (χ0n) is 107. The van der Waals surface area contributed by atoms with Crippen LogP contribution in [0, 0.1) is 0 Å². The van der Waals surface area contributed by atoms with E-state index in [2.05, 4.69) is 0 Å². The Morgan fingerprint density at radius 2 is 0.459 bits per heavy atom. The van der Waals surface area contributed by atoms with E-state index in [0.29, 0.717) is 0 Å². The van der Waals surface area contributed by atoms with Crippen molar-refractivity contribution in [2.45, 2.75) is 0 Å². The molecule has 0 N–H and O–H groups in total. The van der Waals surface area contributed by atoms with Gasteiger partial charge >= 0.3 is 0 Å². The summed E-state index contributed by atoms with van der Waals surface area (Å²) < 4.78 is 537. The van der Waals surface area contributed by atoms with Gasteiger partial charge < -0.3 is 8.83 Å². The quantitative estimate of drug-likeness (QED) is 0.123. The first-order valence-corrected chi connectivity index (χ1v) is 29.1. The lowest BCUT2D eigenvalue weighted by Crippen LogP contribution is -1.91. The van der Waals surface area contributed by atoms with Crippen LogP contribution in [0.4, 0.5) is 0 Å². The highest BCUT2D eigenvalue weighted by Crippen LogP contribution is 2.49. The van der Waals surface area contributed by atoms with Crippen molar-refractivity contribution in [3.8, 4) is 66.8 Å². The number of furan rings is 2. The van der Waals surface area contributed by atoms with Gasteiger partial charge in [-0.05, 0) is 206 Å². The van der Waals surface area contributed by atoms with Crippen molar-refractivity contribution >= 4 is 141 Å². The molecule has 0 aliphatic carbocycles. The fraction of sp³-hybridized carbons (Fsp3) is 0. The summed E-state index contributed by atoms with van der Waals surface area (Å²) in [7, 11) is 0. The number of benzene rings is 19. The lowest BCUT2D eigenvalue weighted by Gasteiger charge is -2.18. The van der Waals surface area contributed by atoms with Crippen LogP contribution in [0.5, 0.6) is 0 Å². The highest BCUT2D eigenvalue weighted by atomic mass is 16.3. The third kappa shape index (κ3) is 8.82. The van der Waals surface area contributed by atoms with E-state index >= 15 is 0 Å². The molecule has 21 rings (SSSR count). The third-order valence-corrected chi connectivity index (χ3v) is 16.3. The van der Waals surface area contributed by atoms with Crippen LogP contribution < -0.4 is 0 Å². The van der Waals surface area contributed by atoms with Gasteiger partial charge in [0, 0.05) is 21.5 Å². The van der Waals surface area contributed by atoms with Crippen LogP contribution in [0.3, 0.4) is 0 Å². The van der Waals surface area contributed by atoms with Gasteiger partial charge in [-0.3, -0.25) is 0 Å². The molecule has 0 saturated heterocycles. The minimum absolute atomic E-state index is 0.411. The van der Waals surface area contributed by atoms with Crippen molar-refractivity contribution in [2.24, 2.45) is 0 Å². The van der Waals surface area contributed by atoms with Gasteiger partial charge in [0.2, 0.25) is 0 Å². The number of hydrogen-bond acceptors (Lipinski definition) is 2. The standard InChI is InChI=1S/C50H30O.C46H28O/c1-3-13-37-31(10-1)20-23-34-12-9-19-38(47(34)37)33-21-24-35(25-22-33)48-40-15-5-7-17-42(40)49(43-18-8-6-16-41(43)48)36-27-28-45-44(30-36)50-39-14-4-2-11-32(39)26-29-46(50)51-45;1-3-16-34-29(11-1)13-10-22-35(34)31-14-9-15-32(27-31)44-37-18-5-7-20-39(37)45(40-21-8-6-19-38(40)44)33-24-25-42-41(28-33)46-36-17-4-2-12-30(36)23-26-43(46)47-42/h1-30H;1-28H/i1D,2D,3D,4D,5D,6D,7D,8D,9D,10D,11D,12D,13D,14D,15D,16D,17D,18D,19D,20D,21D,22D,23D,24D,25D,26D,27D,28D,29D,30D;1D,2D,3D,4D,5D,6D,7D,8D,9D,10D,11D,12D,13D,14D,15D,16D,17D,18D,19D,20D,21D,22D,23D,24D,25D,26D,27D,28D. The predicted octanol–water partition coefficient (Wildman–Crippen LogP) is 27.6. The largest absolute Gasteiger partial charge is 0.456 e. The van der Waals surface area contributed by atoms with Gasteiger partial charge in [0.15, 0.2) is 0 Å². The van der Waals surface area contributed by atoms with Crippen LogP contribution in [0.15, 0.2) is 359 Å². The Labute approximate surface area is 646 Å². The molecule has 2 heterocycles. The smallest absolute Gasteiger partial charge is 0.136 e. The predicted molar refractivity (Wildman–Crippen MR) is 418 cm³/mol. The van der Waals surface area contributed by atoms with Gasteiger partial charge in [-0.25, -0.2) is 0 Å². The number of fused-ring (bicyclic) bond motifs is 18. The van der Waals surface area contributed by atoms with Gasteiger partial charge in [0.1, 0.15) is 22.3 Å². The molecule has 0 aliphatic heterocycles. The van der Waals surface area contributed by atoms with Gasteiger partial charge in [-0.2, -0.15) is 0 Å². The molecule has 0 aliphatic rings. The molecular weight excluding hydrogens is 1190 g/mol. The molecule has 0 spiro atoms. The minimum Gasteiger partial charge on any atom is -0.456 e. The fourth-order valence-corrected chi connectivity index (χ4v) is 12.2. The van der Waals surface area contributed by atoms with Crippen LogP contribution in [0.2, 0.25) is 0 Å². The maximum atomic E-state index is 9.93. The van der Waals surface area contributed by atoms with E-state index in [-0.39, 0.29) is 0 Å². The number of rotatable bonds is 6. The van der Waals surface area contributed by atoms with Gasteiger partial charge in [0.05, 0.1) is 79.5 Å². The lowest BCUT2D eigenvalue weighted by molar-refractivity contribution is 0.669. The highest BCUT2D eigenvalue weighted by Gasteiger charge is 2.22. The van der Waals surface area contributed by atoms with Crippen molar-refractivity contribution in [1.82, 2.24) is 0 Å². The molecule has 19 aromatic carbocycles. The zero-order valence-corrected chi connectivity index (χ0v) is 48.8. The van der Waals surface area contributed by atoms with Gasteiger partial charge in [-0.15, -0.1) is 0 Å². The first-order chi connectivity index (χ1) is 72.8. The first kappa shape index (κ1) is 22.9. The molecule has 2 aromatic heterocycles. The van der Waals surface area contributed by atoms with E-state index in [1.807, 2.05) is 0 Å². The van der Waals surface area contributed by atoms with Crippen molar-refractivity contribution in [1.29, 1.82) is 0 Å². The number of hydrogen-bond donors (Lipinski definition) is 0. The maximum absolute atomic E-state index is 9.93. The molecular formula is C96H58O2. The van der Waals surface area contributed by atoms with Crippen molar-refractivity contribution in [2.75, 3.05) is 0 Å². The van der Waals surface area contributed by atoms with Crippen LogP contribution in [0.1, 0.15) is 79.5 Å². The molecule has 2 nitrogen and oxygen atoms in total. The molecule has 0 saturated carbocycles. The van der Waals surface area contributed by atoms with Crippen molar-refractivity contribution in [3.05, 3.63) is 350 Å². The van der Waals surface area contributed by atoms with Crippen molar-refractivity contribution < 1.29 is 88.3 Å². The molecule has 0 atom stereocenters. The second-order valence-corrected chi connectivity index (χ2v) is 21.5. The molecule has 0 bridgehead atoms. The third-order valence-electron chi connectivity index (χ3n) is 16.3. The van der Waals surface area contributed by atoms with E-state index in [4.69, 9.17) is 59.6 Å². The molecule has 21 aromatic rings. The summed E-state index contributed by atoms with van der Waals surface area (Å²) in [5.74, 6) is 0. The van der Waals surface area contributed by atoms with Gasteiger partial charge in [0.25, 0.3) is 0 Å². The molecule has 454 valence electrons. The second-order valence-electron chi connectivity index (χ2n) is 21.5. The highest BCUT2D eigenvalue weighted by molar-refractivity contribution is 6.26. The molecule has 98 heavy (non-hydrogen) atoms. The summed E-state index contributed by atoms with van der Waals surface area (Å²) in [6, 6.07) is -54.2. The lowest BCUT2D eigenvalue weighted by atomic mass is 9.85. The van der Waals surface area contributed by atoms with E-state index in [1.54, 1.807) is 0 Å². The average Bonchev–Trinajstić information content (AvgIpc) is 1.08. The topological polar surface area (TPSA) is 26.3 Å². The molecule has 0 radical (unpaired) electrons. The van der Waals surface area contributed by atoms with Gasteiger partial charge in [-0.1, -0.05) is 308 Å². The van der Waals surface area contributed by atoms with Crippen LogP contribution in [-0.2, 0) is 0 Å². The summed E-state index contributed by atoms with van der Waals surface area (Å²) in [6.07, 6.45) is 0. The van der Waals surface area contributed by atoms with E-state index in [0.717, 1.165) is 0 Å². The Bertz CT molecular complexity index is 10300. The van der Waals surface area contributed by atoms with Crippen LogP contribution >= 0.6 is 0 Å². The SMILES string of the molecule is [2H]c1c([2H])c(-c2c([2H])c([2H])c([2H])c3c([2H])c([2H])c([2H])c([2H])c23)c([2H])c(-c2c3c([2H])c([2H])c([2H])c([2H])c3c(-c3c([2H])c([2H])c4oc5c([2H])c([2H])c6c([2H])c([2H])c([2H])c([2H])c6c5c4c3[2H])c3c([2H])c([2H])c([2H])c([2H])c23)c1[2H].[2H]c1c([2H])c(-c2c([2H])c([2H])c([2H])c3c([2H])c([2H])c4c([2H])c([2H])c([2H])c([2H])c4c23)c([2H])c([2H])c1-c1c2c([2H])c([2H])c([2H])c([2H])c2c(-c2c([2H])c([2H])c3oc4c([2H])c([2H])c5c([2H])c([2H])c([2H])c([2H])c5c4c3c2[2H])c2c([2H])c([2H])c([2H])c([2H])c12. The Kier molecular flexibility index (Phi) is 5.24. The average molecular weight is 1300 g/mol. The fourth-order valence-electron chi connectivity index (χ4n) is 12.2. The summed E-state index contributed by atoms with van der Waals surface area (Å²) in [6.45, 7) is 0. The molecule has 2 heteroatoms. The molecule has 0 amide bonds. The Hall–Kier alpha value is -12.9. The monoisotopic (exact) mass is 1300 g/mol. The van der Waals surface area contributed by atoms with Crippen LogP contribution in [-0.4, -0.2) is 0 Å². The second kappa shape index (κ2) is 22.4. The molecule has 0 unspecified atom stereocenters. The minimum atomic E-state index is -1.15. The maximum Gasteiger partial charge on any atom is 0.136 e. The summed E-state index contributed by atoms with van der Waals surface area (Å²) in [5.41, 5.74) is -12.1. The van der Waals surface area contributed by atoms with Crippen LogP contribution in [0.25, 0.3) is 208 Å². The van der Waals surface area contributed by atoms with E-state index < -0.39 is 558 Å². The summed E-state index contributed by atoms with van der Waals surface area (Å²) in [4.78, 5) is 0. The molecule has 0 fully saturated rings. The Morgan fingerprint density at radius 3 is 0.929 bits per heavy atom. The Morgan fingerprint density at radius 1 is 0.163 bits per heavy atom. The van der Waals surface area contributed by atoms with E-state index in [9.17, 15) is 28.8 Å². The normalized spacial score (nSPS) is 20.2.